The smallest absolute Gasteiger partial charge is 0.358 e. The molecule has 0 fully saturated rings. The van der Waals surface area contributed by atoms with Crippen LogP contribution < -0.4 is 5.32 Å². The zero-order valence-corrected chi connectivity index (χ0v) is 16.2. The summed E-state index contributed by atoms with van der Waals surface area (Å²) in [5.74, 6) is -0.980. The van der Waals surface area contributed by atoms with Crippen molar-refractivity contribution in [1.82, 2.24) is 4.98 Å². The molecule has 1 unspecified atom stereocenters. The van der Waals surface area contributed by atoms with Crippen molar-refractivity contribution < 1.29 is 14.3 Å². The first-order chi connectivity index (χ1) is 12.4. The van der Waals surface area contributed by atoms with Crippen LogP contribution in [0.1, 0.15) is 28.5 Å². The Labute approximate surface area is 159 Å². The number of rotatable bonds is 5. The first-order valence-electron chi connectivity index (χ1n) is 8.01. The molecule has 0 aliphatic heterocycles. The molecule has 0 aliphatic carbocycles. The zero-order valence-electron chi connectivity index (χ0n) is 14.6. The van der Waals surface area contributed by atoms with Crippen LogP contribution in [-0.2, 0) is 9.53 Å². The Morgan fingerprint density at radius 2 is 2.00 bits per heavy atom. The molecule has 0 radical (unpaired) electrons. The summed E-state index contributed by atoms with van der Waals surface area (Å²) in [5, 5.41) is 9.12. The number of anilines is 1. The SMILES string of the molecule is Cc1ccc(C)c(NC(=O)C(C)OC(=O)c2csc(-c3ccsc3)n2)c1. The van der Waals surface area contributed by atoms with Gasteiger partial charge in [0.1, 0.15) is 5.01 Å². The van der Waals surface area contributed by atoms with Gasteiger partial charge in [0.25, 0.3) is 5.91 Å². The van der Waals surface area contributed by atoms with Gasteiger partial charge in [-0.2, -0.15) is 11.3 Å². The second-order valence-corrected chi connectivity index (χ2v) is 7.54. The van der Waals surface area contributed by atoms with Gasteiger partial charge < -0.3 is 10.1 Å². The van der Waals surface area contributed by atoms with E-state index in [1.165, 1.54) is 11.3 Å². The molecule has 26 heavy (non-hydrogen) atoms. The number of carbonyl (C=O) groups excluding carboxylic acids is 2. The van der Waals surface area contributed by atoms with Gasteiger partial charge in [-0.05, 0) is 49.4 Å². The third kappa shape index (κ3) is 4.17. The number of aryl methyl sites for hydroxylation is 2. The van der Waals surface area contributed by atoms with E-state index in [0.717, 1.165) is 21.7 Å². The minimum absolute atomic E-state index is 0.211. The molecule has 3 rings (SSSR count). The molecule has 3 aromatic rings. The summed E-state index contributed by atoms with van der Waals surface area (Å²) in [6, 6.07) is 7.73. The van der Waals surface area contributed by atoms with Crippen LogP contribution >= 0.6 is 22.7 Å². The Balaban J connectivity index is 1.63. The highest BCUT2D eigenvalue weighted by Gasteiger charge is 2.21. The molecule has 0 saturated heterocycles. The van der Waals surface area contributed by atoms with Crippen LogP contribution in [-0.4, -0.2) is 23.0 Å². The summed E-state index contributed by atoms with van der Waals surface area (Å²) in [6.07, 6.45) is -0.922. The van der Waals surface area contributed by atoms with Gasteiger partial charge >= 0.3 is 5.97 Å². The molecular formula is C19H18N2O3S2. The molecule has 1 aromatic carbocycles. The van der Waals surface area contributed by atoms with Crippen LogP contribution in [0.5, 0.6) is 0 Å². The number of hydrogen-bond acceptors (Lipinski definition) is 6. The Morgan fingerprint density at radius 1 is 1.19 bits per heavy atom. The number of thiazole rings is 1. The van der Waals surface area contributed by atoms with Crippen LogP contribution in [0.25, 0.3) is 10.6 Å². The number of amides is 1. The van der Waals surface area contributed by atoms with E-state index in [1.807, 2.05) is 48.9 Å². The lowest BCUT2D eigenvalue weighted by atomic mass is 10.1. The molecule has 134 valence electrons. The van der Waals surface area contributed by atoms with E-state index in [2.05, 4.69) is 10.3 Å². The fraction of sp³-hybridized carbons (Fsp3) is 0.211. The van der Waals surface area contributed by atoms with Crippen molar-refractivity contribution in [2.75, 3.05) is 5.32 Å². The number of hydrogen-bond donors (Lipinski definition) is 1. The quantitative estimate of drug-likeness (QED) is 0.647. The topological polar surface area (TPSA) is 68.3 Å². The maximum absolute atomic E-state index is 12.3. The lowest BCUT2D eigenvalue weighted by Crippen LogP contribution is -2.30. The summed E-state index contributed by atoms with van der Waals surface area (Å²) in [6.45, 7) is 5.41. The van der Waals surface area contributed by atoms with Crippen LogP contribution in [0, 0.1) is 13.8 Å². The third-order valence-electron chi connectivity index (χ3n) is 3.79. The zero-order chi connectivity index (χ0) is 18.7. The fourth-order valence-electron chi connectivity index (χ4n) is 2.27. The Kier molecular flexibility index (Phi) is 5.49. The lowest BCUT2D eigenvalue weighted by Gasteiger charge is -2.14. The van der Waals surface area contributed by atoms with Gasteiger partial charge in [-0.25, -0.2) is 9.78 Å². The van der Waals surface area contributed by atoms with Crippen LogP contribution in [0.4, 0.5) is 5.69 Å². The molecule has 0 bridgehead atoms. The van der Waals surface area contributed by atoms with E-state index in [1.54, 1.807) is 23.6 Å². The number of thiophene rings is 1. The molecule has 2 heterocycles. The summed E-state index contributed by atoms with van der Waals surface area (Å²) in [4.78, 5) is 28.9. The average molecular weight is 386 g/mol. The first kappa shape index (κ1) is 18.3. The van der Waals surface area contributed by atoms with Gasteiger partial charge in [0.15, 0.2) is 11.8 Å². The fourth-order valence-corrected chi connectivity index (χ4v) is 3.77. The van der Waals surface area contributed by atoms with Crippen molar-refractivity contribution >= 4 is 40.2 Å². The standard InChI is InChI=1S/C19H18N2O3S2/c1-11-4-5-12(2)15(8-11)20-17(22)13(3)24-19(23)16-10-26-18(21-16)14-6-7-25-9-14/h4-10,13H,1-3H3,(H,20,22). The maximum Gasteiger partial charge on any atom is 0.358 e. The molecule has 1 atom stereocenters. The predicted molar refractivity (Wildman–Crippen MR) is 105 cm³/mol. The average Bonchev–Trinajstić information content (AvgIpc) is 3.28. The third-order valence-corrected chi connectivity index (χ3v) is 5.36. The van der Waals surface area contributed by atoms with Crippen LogP contribution in [0.3, 0.4) is 0 Å². The van der Waals surface area contributed by atoms with Crippen LogP contribution in [0.15, 0.2) is 40.4 Å². The lowest BCUT2D eigenvalue weighted by molar-refractivity contribution is -0.123. The molecule has 5 nitrogen and oxygen atoms in total. The summed E-state index contributed by atoms with van der Waals surface area (Å²) >= 11 is 2.94. The second-order valence-electron chi connectivity index (χ2n) is 5.91. The van der Waals surface area contributed by atoms with E-state index >= 15 is 0 Å². The van der Waals surface area contributed by atoms with E-state index in [4.69, 9.17) is 4.74 Å². The highest BCUT2D eigenvalue weighted by molar-refractivity contribution is 7.14. The van der Waals surface area contributed by atoms with Crippen molar-refractivity contribution in [2.24, 2.45) is 0 Å². The molecule has 0 saturated carbocycles. The molecule has 1 amide bonds. The molecular weight excluding hydrogens is 368 g/mol. The van der Waals surface area contributed by atoms with Gasteiger partial charge in [-0.3, -0.25) is 4.79 Å². The van der Waals surface area contributed by atoms with Gasteiger partial charge in [-0.15, -0.1) is 11.3 Å². The number of nitrogens with one attached hydrogen (secondary N) is 1. The number of esters is 1. The van der Waals surface area contributed by atoms with Crippen molar-refractivity contribution in [2.45, 2.75) is 26.9 Å². The van der Waals surface area contributed by atoms with E-state index in [0.29, 0.717) is 5.69 Å². The Bertz CT molecular complexity index is 932. The van der Waals surface area contributed by atoms with Crippen molar-refractivity contribution in [3.05, 3.63) is 57.2 Å². The Hall–Kier alpha value is -2.51. The highest BCUT2D eigenvalue weighted by atomic mass is 32.1. The van der Waals surface area contributed by atoms with Gasteiger partial charge in [0.2, 0.25) is 0 Å². The second kappa shape index (κ2) is 7.80. The number of ether oxygens (including phenoxy) is 1. The monoisotopic (exact) mass is 386 g/mol. The number of aromatic nitrogens is 1. The number of benzene rings is 1. The van der Waals surface area contributed by atoms with Crippen molar-refractivity contribution in [3.8, 4) is 10.6 Å². The maximum atomic E-state index is 12.3. The van der Waals surface area contributed by atoms with E-state index < -0.39 is 12.1 Å². The number of carbonyl (C=O) groups is 2. The first-order valence-corrected chi connectivity index (χ1v) is 9.83. The Morgan fingerprint density at radius 3 is 2.73 bits per heavy atom. The van der Waals surface area contributed by atoms with Crippen molar-refractivity contribution in [1.29, 1.82) is 0 Å². The summed E-state index contributed by atoms with van der Waals surface area (Å²) in [5.41, 5.74) is 3.88. The highest BCUT2D eigenvalue weighted by Crippen LogP contribution is 2.26. The summed E-state index contributed by atoms with van der Waals surface area (Å²) in [7, 11) is 0. The van der Waals surface area contributed by atoms with Gasteiger partial charge in [-0.1, -0.05) is 12.1 Å². The molecule has 7 heteroatoms. The van der Waals surface area contributed by atoms with Crippen LogP contribution in [0.2, 0.25) is 0 Å². The molecule has 2 aromatic heterocycles. The van der Waals surface area contributed by atoms with Crippen molar-refractivity contribution in [3.63, 3.8) is 0 Å². The minimum atomic E-state index is -0.922. The molecule has 1 N–H and O–H groups in total. The summed E-state index contributed by atoms with van der Waals surface area (Å²) < 4.78 is 5.27. The van der Waals surface area contributed by atoms with Gasteiger partial charge in [0, 0.05) is 22.0 Å². The number of nitrogens with zero attached hydrogens (tertiary/aromatic N) is 1. The molecule has 0 spiro atoms. The van der Waals surface area contributed by atoms with Gasteiger partial charge in [0.05, 0.1) is 0 Å². The largest absolute Gasteiger partial charge is 0.448 e. The molecule has 0 aliphatic rings. The predicted octanol–water partition coefficient (Wildman–Crippen LogP) is 4.67. The van der Waals surface area contributed by atoms with E-state index in [9.17, 15) is 9.59 Å². The minimum Gasteiger partial charge on any atom is -0.448 e. The van der Waals surface area contributed by atoms with E-state index in [-0.39, 0.29) is 11.6 Å². The normalized spacial score (nSPS) is 11.8.